The zero-order chi connectivity index (χ0) is 19.4. The van der Waals surface area contributed by atoms with Gasteiger partial charge in [-0.15, -0.1) is 0 Å². The number of hydrogen-bond acceptors (Lipinski definition) is 3. The molecule has 0 aliphatic carbocycles. The van der Waals surface area contributed by atoms with E-state index in [-0.39, 0.29) is 24.0 Å². The minimum Gasteiger partial charge on any atom is -0.333 e. The molecule has 2 aromatic heterocycles. The number of aryl methyl sites for hydroxylation is 2. The van der Waals surface area contributed by atoms with Gasteiger partial charge in [0.25, 0.3) is 0 Å². The quantitative estimate of drug-likeness (QED) is 0.857. The maximum Gasteiger partial charge on any atom is 0.318 e. The van der Waals surface area contributed by atoms with Gasteiger partial charge in [-0.25, -0.2) is 9.78 Å². The van der Waals surface area contributed by atoms with Gasteiger partial charge in [0.1, 0.15) is 5.82 Å². The van der Waals surface area contributed by atoms with Crippen molar-refractivity contribution in [1.82, 2.24) is 24.8 Å². The van der Waals surface area contributed by atoms with E-state index in [0.29, 0.717) is 0 Å². The fraction of sp³-hybridized carbons (Fsp3) is 0.571. The number of pyridine rings is 1. The number of nitrogens with one attached hydrogen (secondary N) is 1. The lowest BCUT2D eigenvalue weighted by Gasteiger charge is -2.37. The third kappa shape index (κ3) is 4.15. The molecule has 0 radical (unpaired) electrons. The Morgan fingerprint density at radius 3 is 2.81 bits per heavy atom. The number of rotatable bonds is 5. The molecule has 1 fully saturated rings. The molecule has 1 N–H and O–H groups in total. The lowest BCUT2D eigenvalue weighted by molar-refractivity contribution is 0.140. The SMILES string of the molecule is CCn1ccnc1C1CCCCN1C(=O)NC(c1ncccc1C)C(C)C. The first-order chi connectivity index (χ1) is 13.0. The summed E-state index contributed by atoms with van der Waals surface area (Å²) in [6.07, 6.45) is 8.74. The van der Waals surface area contributed by atoms with Crippen LogP contribution in [0.2, 0.25) is 0 Å². The van der Waals surface area contributed by atoms with Gasteiger partial charge in [-0.05, 0) is 50.7 Å². The van der Waals surface area contributed by atoms with Crippen molar-refractivity contribution in [2.45, 2.75) is 65.6 Å². The number of likely N-dealkylation sites (tertiary alicyclic amines) is 1. The van der Waals surface area contributed by atoms with Crippen molar-refractivity contribution in [2.75, 3.05) is 6.54 Å². The van der Waals surface area contributed by atoms with Gasteiger partial charge in [-0.2, -0.15) is 0 Å². The molecule has 1 saturated heterocycles. The Hall–Kier alpha value is -2.37. The van der Waals surface area contributed by atoms with E-state index in [1.807, 2.05) is 36.4 Å². The van der Waals surface area contributed by atoms with Crippen LogP contribution in [0.1, 0.15) is 69.2 Å². The minimum atomic E-state index is -0.104. The number of hydrogen-bond donors (Lipinski definition) is 1. The lowest BCUT2D eigenvalue weighted by Crippen LogP contribution is -2.47. The van der Waals surface area contributed by atoms with Gasteiger partial charge < -0.3 is 14.8 Å². The second kappa shape index (κ2) is 8.55. The second-order valence-corrected chi connectivity index (χ2v) is 7.65. The van der Waals surface area contributed by atoms with E-state index in [1.165, 1.54) is 0 Å². The maximum atomic E-state index is 13.3. The van der Waals surface area contributed by atoms with Crippen LogP contribution in [-0.2, 0) is 6.54 Å². The molecule has 0 spiro atoms. The number of urea groups is 1. The van der Waals surface area contributed by atoms with Crippen LogP contribution in [0.3, 0.4) is 0 Å². The molecule has 0 saturated carbocycles. The van der Waals surface area contributed by atoms with Crippen LogP contribution in [0.25, 0.3) is 0 Å². The number of imidazole rings is 1. The zero-order valence-corrected chi connectivity index (χ0v) is 16.9. The van der Waals surface area contributed by atoms with Crippen LogP contribution in [0.5, 0.6) is 0 Å². The summed E-state index contributed by atoms with van der Waals surface area (Å²) in [5.41, 5.74) is 2.05. The molecule has 2 amide bonds. The molecule has 146 valence electrons. The molecule has 2 aromatic rings. The van der Waals surface area contributed by atoms with Crippen molar-refractivity contribution in [3.05, 3.63) is 47.8 Å². The number of piperidine rings is 1. The fourth-order valence-corrected chi connectivity index (χ4v) is 3.92. The summed E-state index contributed by atoms with van der Waals surface area (Å²) in [4.78, 5) is 24.3. The molecule has 3 rings (SSSR count). The highest BCUT2D eigenvalue weighted by Gasteiger charge is 2.32. The molecule has 0 bridgehead atoms. The largest absolute Gasteiger partial charge is 0.333 e. The van der Waals surface area contributed by atoms with E-state index >= 15 is 0 Å². The Morgan fingerprint density at radius 1 is 1.30 bits per heavy atom. The predicted molar refractivity (Wildman–Crippen MR) is 106 cm³/mol. The molecule has 1 aliphatic heterocycles. The summed E-state index contributed by atoms with van der Waals surface area (Å²) in [7, 11) is 0. The van der Waals surface area contributed by atoms with Crippen molar-refractivity contribution >= 4 is 6.03 Å². The second-order valence-electron chi connectivity index (χ2n) is 7.65. The van der Waals surface area contributed by atoms with Gasteiger partial charge in [-0.3, -0.25) is 4.98 Å². The Balaban J connectivity index is 1.83. The standard InChI is InChI=1S/C21H31N5O/c1-5-25-14-12-23-20(25)17-10-6-7-13-26(17)21(27)24-18(15(2)3)19-16(4)9-8-11-22-19/h8-9,11-12,14-15,17-18H,5-7,10,13H2,1-4H3,(H,24,27). The van der Waals surface area contributed by atoms with Crippen molar-refractivity contribution in [2.24, 2.45) is 5.92 Å². The third-order valence-electron chi connectivity index (χ3n) is 5.44. The molecule has 6 nitrogen and oxygen atoms in total. The van der Waals surface area contributed by atoms with E-state index in [4.69, 9.17) is 0 Å². The molecule has 3 heterocycles. The average molecular weight is 370 g/mol. The first-order valence-electron chi connectivity index (χ1n) is 10.0. The summed E-state index contributed by atoms with van der Waals surface area (Å²) in [5.74, 6) is 1.24. The van der Waals surface area contributed by atoms with Gasteiger partial charge in [0, 0.05) is 31.7 Å². The predicted octanol–water partition coefficient (Wildman–Crippen LogP) is 4.24. The summed E-state index contributed by atoms with van der Waals surface area (Å²) in [6, 6.07) is 3.89. The van der Waals surface area contributed by atoms with Crippen LogP contribution in [0.15, 0.2) is 30.7 Å². The van der Waals surface area contributed by atoms with E-state index in [0.717, 1.165) is 49.4 Å². The summed E-state index contributed by atoms with van der Waals surface area (Å²) in [5, 5.41) is 3.26. The summed E-state index contributed by atoms with van der Waals surface area (Å²) < 4.78 is 2.14. The molecular formula is C21H31N5O. The highest BCUT2D eigenvalue weighted by Crippen LogP contribution is 2.31. The highest BCUT2D eigenvalue weighted by molar-refractivity contribution is 5.75. The Kier molecular flexibility index (Phi) is 6.14. The molecule has 2 atom stereocenters. The van der Waals surface area contributed by atoms with Gasteiger partial charge in [0.15, 0.2) is 0 Å². The average Bonchev–Trinajstić information content (AvgIpc) is 3.15. The highest BCUT2D eigenvalue weighted by atomic mass is 16.2. The molecule has 27 heavy (non-hydrogen) atoms. The van der Waals surface area contributed by atoms with Crippen LogP contribution in [-0.4, -0.2) is 32.0 Å². The van der Waals surface area contributed by atoms with E-state index < -0.39 is 0 Å². The number of carbonyl (C=O) groups excluding carboxylic acids is 1. The van der Waals surface area contributed by atoms with Gasteiger partial charge in [0.2, 0.25) is 0 Å². The fourth-order valence-electron chi connectivity index (χ4n) is 3.92. The van der Waals surface area contributed by atoms with Crippen molar-refractivity contribution in [1.29, 1.82) is 0 Å². The van der Waals surface area contributed by atoms with Crippen molar-refractivity contribution in [3.8, 4) is 0 Å². The number of amides is 2. The van der Waals surface area contributed by atoms with Gasteiger partial charge >= 0.3 is 6.03 Å². The van der Waals surface area contributed by atoms with E-state index in [2.05, 4.69) is 40.6 Å². The molecule has 0 aromatic carbocycles. The van der Waals surface area contributed by atoms with Crippen molar-refractivity contribution in [3.63, 3.8) is 0 Å². The first-order valence-corrected chi connectivity index (χ1v) is 10.0. The Labute approximate surface area is 162 Å². The maximum absolute atomic E-state index is 13.3. The smallest absolute Gasteiger partial charge is 0.318 e. The number of nitrogens with zero attached hydrogens (tertiary/aromatic N) is 4. The van der Waals surface area contributed by atoms with Crippen molar-refractivity contribution < 1.29 is 4.79 Å². The molecule has 1 aliphatic rings. The van der Waals surface area contributed by atoms with Gasteiger partial charge in [-0.1, -0.05) is 19.9 Å². The summed E-state index contributed by atoms with van der Waals surface area (Å²) >= 11 is 0. The third-order valence-corrected chi connectivity index (χ3v) is 5.44. The zero-order valence-electron chi connectivity index (χ0n) is 16.9. The normalized spacial score (nSPS) is 18.6. The monoisotopic (exact) mass is 369 g/mol. The van der Waals surface area contributed by atoms with Crippen LogP contribution in [0.4, 0.5) is 4.79 Å². The molecule has 2 unspecified atom stereocenters. The minimum absolute atomic E-state index is 0.0193. The van der Waals surface area contributed by atoms with Crippen LogP contribution in [0, 0.1) is 12.8 Å². The van der Waals surface area contributed by atoms with E-state index in [9.17, 15) is 4.79 Å². The summed E-state index contributed by atoms with van der Waals surface area (Å²) in [6.45, 7) is 10.0. The van der Waals surface area contributed by atoms with E-state index in [1.54, 1.807) is 6.20 Å². The van der Waals surface area contributed by atoms with Gasteiger partial charge in [0.05, 0.1) is 17.8 Å². The first kappa shape index (κ1) is 19.4. The lowest BCUT2D eigenvalue weighted by atomic mass is 9.97. The Morgan fingerprint density at radius 2 is 2.11 bits per heavy atom. The van der Waals surface area contributed by atoms with Crippen LogP contribution < -0.4 is 5.32 Å². The topological polar surface area (TPSA) is 63.1 Å². The molecule has 6 heteroatoms. The Bertz CT molecular complexity index is 769. The number of aromatic nitrogens is 3. The van der Waals surface area contributed by atoms with Crippen LogP contribution >= 0.6 is 0 Å². The molecular weight excluding hydrogens is 338 g/mol. The number of carbonyl (C=O) groups is 1.